The number of allylic oxidation sites excluding steroid dienone is 3. The third-order valence-electron chi connectivity index (χ3n) is 2.43. The summed E-state index contributed by atoms with van der Waals surface area (Å²) in [5.74, 6) is 0. The van der Waals surface area contributed by atoms with Gasteiger partial charge in [0.2, 0.25) is 0 Å². The van der Waals surface area contributed by atoms with Crippen molar-refractivity contribution in [2.24, 2.45) is 0 Å². The molecule has 4 heteroatoms. The second kappa shape index (κ2) is 6.11. The van der Waals surface area contributed by atoms with Gasteiger partial charge in [-0.25, -0.2) is 4.31 Å². The Morgan fingerprint density at radius 1 is 1.43 bits per heavy atom. The summed E-state index contributed by atoms with van der Waals surface area (Å²) in [4.78, 5) is 2.34. The van der Waals surface area contributed by atoms with Crippen molar-refractivity contribution >= 4 is 12.2 Å². The van der Waals surface area contributed by atoms with Crippen molar-refractivity contribution in [2.45, 2.75) is 13.3 Å². The molecule has 80 valence electrons. The minimum absolute atomic E-state index is 0.848. The van der Waals surface area contributed by atoms with Crippen molar-refractivity contribution in [1.82, 2.24) is 9.21 Å². The van der Waals surface area contributed by atoms with E-state index >= 15 is 0 Å². The van der Waals surface area contributed by atoms with Gasteiger partial charge in [0.05, 0.1) is 12.2 Å². The molecule has 0 bridgehead atoms. The first-order chi connectivity index (χ1) is 6.77. The summed E-state index contributed by atoms with van der Waals surface area (Å²) in [5.41, 5.74) is 1.31. The van der Waals surface area contributed by atoms with Crippen LogP contribution in [0.1, 0.15) is 13.3 Å². The van der Waals surface area contributed by atoms with Crippen LogP contribution < -0.4 is 0 Å². The molecule has 1 fully saturated rings. The number of hydrogen-bond acceptors (Lipinski definition) is 4. The van der Waals surface area contributed by atoms with Gasteiger partial charge in [-0.3, -0.25) is 0 Å². The molecule has 0 aromatic carbocycles. The van der Waals surface area contributed by atoms with Gasteiger partial charge >= 0.3 is 0 Å². The lowest BCUT2D eigenvalue weighted by atomic mass is 10.2. The van der Waals surface area contributed by atoms with E-state index in [1.54, 1.807) is 0 Å². The fourth-order valence-electron chi connectivity index (χ4n) is 1.51. The van der Waals surface area contributed by atoms with E-state index in [4.69, 9.17) is 4.55 Å². The van der Waals surface area contributed by atoms with E-state index in [1.165, 1.54) is 5.70 Å². The molecule has 0 aliphatic carbocycles. The SMILES string of the molecule is C=CC/C=C(/C)N1CCN(SO)CC1. The summed E-state index contributed by atoms with van der Waals surface area (Å²) in [5, 5.41) is 0. The van der Waals surface area contributed by atoms with Gasteiger partial charge in [-0.15, -0.1) is 6.58 Å². The van der Waals surface area contributed by atoms with Crippen molar-refractivity contribution in [3.8, 4) is 0 Å². The van der Waals surface area contributed by atoms with Gasteiger partial charge in [-0.1, -0.05) is 12.2 Å². The summed E-state index contributed by atoms with van der Waals surface area (Å²) in [6.07, 6.45) is 5.03. The fourth-order valence-corrected chi connectivity index (χ4v) is 1.83. The van der Waals surface area contributed by atoms with E-state index < -0.39 is 0 Å². The Morgan fingerprint density at radius 2 is 2.07 bits per heavy atom. The number of rotatable bonds is 4. The Labute approximate surface area is 90.4 Å². The molecule has 1 heterocycles. The molecule has 0 amide bonds. The summed E-state index contributed by atoms with van der Waals surface area (Å²) < 4.78 is 10.8. The predicted octanol–water partition coefficient (Wildman–Crippen LogP) is 2.21. The van der Waals surface area contributed by atoms with Gasteiger partial charge < -0.3 is 9.45 Å². The fraction of sp³-hybridized carbons (Fsp3) is 0.600. The van der Waals surface area contributed by atoms with E-state index in [0.29, 0.717) is 0 Å². The van der Waals surface area contributed by atoms with Crippen LogP contribution in [0.5, 0.6) is 0 Å². The average molecular weight is 214 g/mol. The molecule has 0 aromatic rings. The molecule has 3 nitrogen and oxygen atoms in total. The van der Waals surface area contributed by atoms with Crippen LogP contribution in [-0.4, -0.2) is 39.9 Å². The number of nitrogens with zero attached hydrogens (tertiary/aromatic N) is 2. The van der Waals surface area contributed by atoms with Gasteiger partial charge in [-0.2, -0.15) is 0 Å². The minimum Gasteiger partial charge on any atom is -0.373 e. The van der Waals surface area contributed by atoms with E-state index in [1.807, 2.05) is 10.4 Å². The topological polar surface area (TPSA) is 26.7 Å². The first-order valence-corrected chi connectivity index (χ1v) is 5.60. The van der Waals surface area contributed by atoms with Crippen molar-refractivity contribution in [2.75, 3.05) is 26.2 Å². The summed E-state index contributed by atoms with van der Waals surface area (Å²) in [7, 11) is 0. The standard InChI is InChI=1S/C10H18N2OS/c1-3-4-5-10(2)11-6-8-12(14-13)9-7-11/h3,5,13H,1,4,6-9H2,2H3/b10-5-. The first kappa shape index (κ1) is 11.6. The van der Waals surface area contributed by atoms with Crippen LogP contribution in [0.4, 0.5) is 0 Å². The molecule has 1 saturated heterocycles. The van der Waals surface area contributed by atoms with Gasteiger partial charge in [0, 0.05) is 31.9 Å². The minimum atomic E-state index is 0.848. The zero-order valence-corrected chi connectivity index (χ0v) is 9.46. The Bertz CT molecular complexity index is 210. The predicted molar refractivity (Wildman–Crippen MR) is 61.9 cm³/mol. The molecule has 0 saturated carbocycles. The van der Waals surface area contributed by atoms with Crippen LogP contribution in [0.25, 0.3) is 0 Å². The molecular formula is C10H18N2OS. The zero-order chi connectivity index (χ0) is 10.4. The lowest BCUT2D eigenvalue weighted by Gasteiger charge is -2.34. The van der Waals surface area contributed by atoms with E-state index in [2.05, 4.69) is 24.5 Å². The van der Waals surface area contributed by atoms with E-state index in [9.17, 15) is 0 Å². The maximum Gasteiger partial charge on any atom is 0.0791 e. The van der Waals surface area contributed by atoms with E-state index in [0.717, 1.165) is 44.8 Å². The normalized spacial score (nSPS) is 19.9. The van der Waals surface area contributed by atoms with Crippen molar-refractivity contribution in [3.63, 3.8) is 0 Å². The van der Waals surface area contributed by atoms with Crippen molar-refractivity contribution in [1.29, 1.82) is 0 Å². The van der Waals surface area contributed by atoms with Crippen LogP contribution in [0.15, 0.2) is 24.4 Å². The summed E-state index contributed by atoms with van der Waals surface area (Å²) in [6.45, 7) is 9.65. The number of hydrogen-bond donors (Lipinski definition) is 1. The first-order valence-electron chi connectivity index (χ1n) is 4.87. The lowest BCUT2D eigenvalue weighted by Crippen LogP contribution is -2.42. The smallest absolute Gasteiger partial charge is 0.0791 e. The highest BCUT2D eigenvalue weighted by Gasteiger charge is 2.16. The summed E-state index contributed by atoms with van der Waals surface area (Å²) >= 11 is 0.848. The molecule has 0 aromatic heterocycles. The van der Waals surface area contributed by atoms with Gasteiger partial charge in [-0.05, 0) is 13.3 Å². The molecule has 1 N–H and O–H groups in total. The van der Waals surface area contributed by atoms with E-state index in [-0.39, 0.29) is 0 Å². The largest absolute Gasteiger partial charge is 0.373 e. The highest BCUT2D eigenvalue weighted by Crippen LogP contribution is 2.13. The second-order valence-corrected chi connectivity index (χ2v) is 4.05. The van der Waals surface area contributed by atoms with Crippen LogP contribution in [0.3, 0.4) is 0 Å². The molecule has 0 radical (unpaired) electrons. The molecule has 0 spiro atoms. The highest BCUT2D eigenvalue weighted by molar-refractivity contribution is 7.91. The molecule has 1 rings (SSSR count). The van der Waals surface area contributed by atoms with Crippen molar-refractivity contribution < 1.29 is 4.55 Å². The van der Waals surface area contributed by atoms with Crippen LogP contribution in [0, 0.1) is 0 Å². The third-order valence-corrected chi connectivity index (χ3v) is 3.03. The highest BCUT2D eigenvalue weighted by atomic mass is 32.2. The van der Waals surface area contributed by atoms with Crippen LogP contribution in [-0.2, 0) is 0 Å². The van der Waals surface area contributed by atoms with Gasteiger partial charge in [0.1, 0.15) is 0 Å². The van der Waals surface area contributed by atoms with Gasteiger partial charge in [0.25, 0.3) is 0 Å². The summed E-state index contributed by atoms with van der Waals surface area (Å²) in [6, 6.07) is 0. The Kier molecular flexibility index (Phi) is 5.07. The molecule has 1 aliphatic heterocycles. The molecular weight excluding hydrogens is 196 g/mol. The Morgan fingerprint density at radius 3 is 2.57 bits per heavy atom. The van der Waals surface area contributed by atoms with Crippen LogP contribution >= 0.6 is 12.2 Å². The Balaban J connectivity index is 2.37. The maximum absolute atomic E-state index is 8.85. The Hall–Kier alpha value is -0.450. The van der Waals surface area contributed by atoms with Crippen LogP contribution in [0.2, 0.25) is 0 Å². The quantitative estimate of drug-likeness (QED) is 0.441. The maximum atomic E-state index is 8.85. The number of piperazine rings is 1. The average Bonchev–Trinajstić information content (AvgIpc) is 2.26. The van der Waals surface area contributed by atoms with Gasteiger partial charge in [0.15, 0.2) is 0 Å². The molecule has 14 heavy (non-hydrogen) atoms. The molecule has 0 atom stereocenters. The zero-order valence-electron chi connectivity index (χ0n) is 8.65. The monoisotopic (exact) mass is 214 g/mol. The van der Waals surface area contributed by atoms with Crippen molar-refractivity contribution in [3.05, 3.63) is 24.4 Å². The lowest BCUT2D eigenvalue weighted by molar-refractivity contribution is 0.235. The molecule has 1 aliphatic rings. The molecule has 0 unspecified atom stereocenters. The third kappa shape index (κ3) is 3.36. The second-order valence-electron chi connectivity index (χ2n) is 3.37.